The molecule has 0 aliphatic heterocycles. The molecule has 0 aromatic heterocycles. The summed E-state index contributed by atoms with van der Waals surface area (Å²) in [6.45, 7) is 1.55. The van der Waals surface area contributed by atoms with Crippen LogP contribution in [0.5, 0.6) is 0 Å². The summed E-state index contributed by atoms with van der Waals surface area (Å²) in [5.74, 6) is -1.45. The van der Waals surface area contributed by atoms with E-state index in [-0.39, 0.29) is 18.5 Å². The van der Waals surface area contributed by atoms with Crippen LogP contribution in [0, 0.1) is 5.82 Å². The van der Waals surface area contributed by atoms with Gasteiger partial charge in [0.05, 0.1) is 11.7 Å². The highest BCUT2D eigenvalue weighted by Gasteiger charge is 2.32. The zero-order valence-corrected chi connectivity index (χ0v) is 9.84. The van der Waals surface area contributed by atoms with Crippen LogP contribution in [0.15, 0.2) is 18.2 Å². The summed E-state index contributed by atoms with van der Waals surface area (Å²) in [6.07, 6.45) is -5.12. The maximum absolute atomic E-state index is 13.2. The summed E-state index contributed by atoms with van der Waals surface area (Å²) in [4.78, 5) is 0. The first-order valence-electron chi connectivity index (χ1n) is 5.50. The minimum Gasteiger partial charge on any atom is -0.393 e. The lowest BCUT2D eigenvalue weighted by atomic mass is 9.92. The number of alkyl halides is 3. The zero-order valence-electron chi connectivity index (χ0n) is 9.84. The Balaban J connectivity index is 3.11. The van der Waals surface area contributed by atoms with Crippen LogP contribution in [0.4, 0.5) is 17.6 Å². The minimum atomic E-state index is -4.60. The fraction of sp³-hybridized carbons (Fsp3) is 0.500. The van der Waals surface area contributed by atoms with Crippen molar-refractivity contribution >= 4 is 0 Å². The second-order valence-corrected chi connectivity index (χ2v) is 4.29. The van der Waals surface area contributed by atoms with Gasteiger partial charge in [0.2, 0.25) is 0 Å². The van der Waals surface area contributed by atoms with Crippen LogP contribution in [-0.4, -0.2) is 17.8 Å². The Morgan fingerprint density at radius 3 is 2.33 bits per heavy atom. The van der Waals surface area contributed by atoms with E-state index in [1.807, 2.05) is 0 Å². The van der Waals surface area contributed by atoms with Crippen LogP contribution >= 0.6 is 0 Å². The van der Waals surface area contributed by atoms with Gasteiger partial charge >= 0.3 is 6.18 Å². The molecule has 0 bridgehead atoms. The maximum atomic E-state index is 13.2. The molecule has 3 N–H and O–H groups in total. The first-order chi connectivity index (χ1) is 8.24. The lowest BCUT2D eigenvalue weighted by Crippen LogP contribution is -2.18. The largest absolute Gasteiger partial charge is 0.416 e. The van der Waals surface area contributed by atoms with E-state index in [1.54, 1.807) is 0 Å². The van der Waals surface area contributed by atoms with Gasteiger partial charge in [0, 0.05) is 0 Å². The molecule has 0 aliphatic rings. The number of aliphatic hydroxyl groups is 1. The lowest BCUT2D eigenvalue weighted by molar-refractivity contribution is -0.137. The molecule has 1 aromatic rings. The molecule has 1 aromatic carbocycles. The Morgan fingerprint density at radius 2 is 1.89 bits per heavy atom. The molecule has 0 saturated heterocycles. The average molecular weight is 265 g/mol. The molecular formula is C12H15F4NO. The van der Waals surface area contributed by atoms with Crippen LogP contribution in [0.25, 0.3) is 0 Å². The second-order valence-electron chi connectivity index (χ2n) is 4.29. The molecule has 2 atom stereocenters. The summed E-state index contributed by atoms with van der Waals surface area (Å²) in [5.41, 5.74) is 4.57. The SMILES string of the molecule is CC(O)CC(CN)c1cc(F)cc(C(F)(F)F)c1. The maximum Gasteiger partial charge on any atom is 0.416 e. The summed E-state index contributed by atoms with van der Waals surface area (Å²) in [7, 11) is 0. The van der Waals surface area contributed by atoms with Gasteiger partial charge in [-0.2, -0.15) is 13.2 Å². The third-order valence-electron chi connectivity index (χ3n) is 2.63. The van der Waals surface area contributed by atoms with Crippen molar-refractivity contribution in [2.75, 3.05) is 6.54 Å². The molecular weight excluding hydrogens is 250 g/mol. The van der Waals surface area contributed by atoms with E-state index in [4.69, 9.17) is 5.73 Å². The third kappa shape index (κ3) is 3.96. The van der Waals surface area contributed by atoms with E-state index in [0.717, 1.165) is 12.1 Å². The van der Waals surface area contributed by atoms with E-state index in [1.165, 1.54) is 6.92 Å². The molecule has 0 saturated carbocycles. The van der Waals surface area contributed by atoms with Crippen LogP contribution in [0.1, 0.15) is 30.4 Å². The molecule has 0 aliphatic carbocycles. The van der Waals surface area contributed by atoms with Gasteiger partial charge in [0.25, 0.3) is 0 Å². The normalized spacial score (nSPS) is 15.5. The molecule has 0 heterocycles. The number of nitrogens with two attached hydrogens (primary N) is 1. The standard InChI is InChI=1S/C12H15F4NO/c1-7(18)2-9(6-17)8-3-10(12(14,15)16)5-11(13)4-8/h3-5,7,9,18H,2,6,17H2,1H3. The van der Waals surface area contributed by atoms with Crippen molar-refractivity contribution in [2.45, 2.75) is 31.5 Å². The highest BCUT2D eigenvalue weighted by atomic mass is 19.4. The van der Waals surface area contributed by atoms with E-state index in [9.17, 15) is 22.7 Å². The zero-order chi connectivity index (χ0) is 13.9. The lowest BCUT2D eigenvalue weighted by Gasteiger charge is -2.18. The van der Waals surface area contributed by atoms with E-state index < -0.39 is 29.6 Å². The number of benzene rings is 1. The van der Waals surface area contributed by atoms with Crippen molar-refractivity contribution in [3.63, 3.8) is 0 Å². The molecule has 18 heavy (non-hydrogen) atoms. The molecule has 0 spiro atoms. The Kier molecular flexibility index (Phi) is 4.70. The fourth-order valence-electron chi connectivity index (χ4n) is 1.79. The van der Waals surface area contributed by atoms with Crippen LogP contribution in [0.3, 0.4) is 0 Å². The predicted molar refractivity (Wildman–Crippen MR) is 59.5 cm³/mol. The quantitative estimate of drug-likeness (QED) is 0.822. The van der Waals surface area contributed by atoms with Gasteiger partial charge in [-0.25, -0.2) is 4.39 Å². The first kappa shape index (κ1) is 14.9. The third-order valence-corrected chi connectivity index (χ3v) is 2.63. The van der Waals surface area contributed by atoms with Gasteiger partial charge in [-0.05, 0) is 49.6 Å². The highest BCUT2D eigenvalue weighted by molar-refractivity contribution is 5.29. The smallest absolute Gasteiger partial charge is 0.393 e. The summed E-state index contributed by atoms with van der Waals surface area (Å²) < 4.78 is 50.8. The van der Waals surface area contributed by atoms with Crippen molar-refractivity contribution in [3.05, 3.63) is 35.1 Å². The Hall–Kier alpha value is -1.14. The van der Waals surface area contributed by atoms with Crippen molar-refractivity contribution in [1.82, 2.24) is 0 Å². The van der Waals surface area contributed by atoms with Gasteiger partial charge in [0.15, 0.2) is 0 Å². The van der Waals surface area contributed by atoms with E-state index in [0.29, 0.717) is 6.07 Å². The Labute approximate surface area is 102 Å². The van der Waals surface area contributed by atoms with Crippen molar-refractivity contribution < 1.29 is 22.7 Å². The first-order valence-corrected chi connectivity index (χ1v) is 5.50. The van der Waals surface area contributed by atoms with Crippen molar-refractivity contribution in [3.8, 4) is 0 Å². The molecule has 102 valence electrons. The fourth-order valence-corrected chi connectivity index (χ4v) is 1.79. The predicted octanol–water partition coefficient (Wildman–Crippen LogP) is 2.66. The molecule has 1 rings (SSSR count). The summed E-state index contributed by atoms with van der Waals surface area (Å²) in [6, 6.07) is 2.34. The molecule has 0 radical (unpaired) electrons. The van der Waals surface area contributed by atoms with Gasteiger partial charge in [-0.3, -0.25) is 0 Å². The molecule has 6 heteroatoms. The Morgan fingerprint density at radius 1 is 1.28 bits per heavy atom. The van der Waals surface area contributed by atoms with Gasteiger partial charge < -0.3 is 10.8 Å². The van der Waals surface area contributed by atoms with Gasteiger partial charge in [-0.1, -0.05) is 0 Å². The number of aliphatic hydroxyl groups excluding tert-OH is 1. The second kappa shape index (κ2) is 5.67. The number of halogens is 4. The van der Waals surface area contributed by atoms with E-state index in [2.05, 4.69) is 0 Å². The molecule has 2 nitrogen and oxygen atoms in total. The van der Waals surface area contributed by atoms with Gasteiger partial charge in [-0.15, -0.1) is 0 Å². The monoisotopic (exact) mass is 265 g/mol. The van der Waals surface area contributed by atoms with Crippen molar-refractivity contribution in [1.29, 1.82) is 0 Å². The highest BCUT2D eigenvalue weighted by Crippen LogP contribution is 2.32. The average Bonchev–Trinajstić information content (AvgIpc) is 2.23. The van der Waals surface area contributed by atoms with Gasteiger partial charge in [0.1, 0.15) is 5.82 Å². The number of hydrogen-bond acceptors (Lipinski definition) is 2. The van der Waals surface area contributed by atoms with Crippen molar-refractivity contribution in [2.24, 2.45) is 5.73 Å². The Bertz CT molecular complexity index is 404. The van der Waals surface area contributed by atoms with Crippen LogP contribution < -0.4 is 5.73 Å². The minimum absolute atomic E-state index is 0.0473. The molecule has 2 unspecified atom stereocenters. The topological polar surface area (TPSA) is 46.2 Å². The summed E-state index contributed by atoms with van der Waals surface area (Å²) >= 11 is 0. The molecule has 0 amide bonds. The number of rotatable bonds is 4. The molecule has 0 fully saturated rings. The van der Waals surface area contributed by atoms with E-state index >= 15 is 0 Å². The van der Waals surface area contributed by atoms with Crippen LogP contribution in [-0.2, 0) is 6.18 Å². The number of hydrogen-bond donors (Lipinski definition) is 2. The summed E-state index contributed by atoms with van der Waals surface area (Å²) in [5, 5.41) is 9.24. The van der Waals surface area contributed by atoms with Crippen LogP contribution in [0.2, 0.25) is 0 Å².